The average molecular weight is 296 g/mol. The molecule has 0 bridgehead atoms. The number of carbonyl (C=O) groups is 1. The number of nitriles is 1. The number of nitrogens with zero attached hydrogens (tertiary/aromatic N) is 4. The van der Waals surface area contributed by atoms with Crippen LogP contribution in [0.2, 0.25) is 0 Å². The zero-order chi connectivity index (χ0) is 15.5. The third-order valence-corrected chi connectivity index (χ3v) is 3.79. The SMILES string of the molecule is COCc1ncn2c1CN(C(=O)c1cccc(C#N)c1)CC2. The van der Waals surface area contributed by atoms with Crippen molar-refractivity contribution in [2.45, 2.75) is 19.7 Å². The van der Waals surface area contributed by atoms with E-state index in [1.807, 2.05) is 0 Å². The molecule has 1 aliphatic heterocycles. The molecular formula is C16H16N4O2. The van der Waals surface area contributed by atoms with E-state index in [1.54, 1.807) is 42.6 Å². The van der Waals surface area contributed by atoms with Gasteiger partial charge in [-0.15, -0.1) is 0 Å². The quantitative estimate of drug-likeness (QED) is 0.861. The molecule has 1 aromatic heterocycles. The maximum absolute atomic E-state index is 12.6. The number of hydrogen-bond donors (Lipinski definition) is 0. The van der Waals surface area contributed by atoms with Gasteiger partial charge in [0.1, 0.15) is 0 Å². The molecule has 112 valence electrons. The van der Waals surface area contributed by atoms with Crippen LogP contribution in [0.1, 0.15) is 27.3 Å². The van der Waals surface area contributed by atoms with Crippen LogP contribution in [0.3, 0.4) is 0 Å². The smallest absolute Gasteiger partial charge is 0.254 e. The van der Waals surface area contributed by atoms with E-state index in [1.165, 1.54) is 0 Å². The molecular weight excluding hydrogens is 280 g/mol. The summed E-state index contributed by atoms with van der Waals surface area (Å²) in [6.07, 6.45) is 1.79. The first-order valence-electron chi connectivity index (χ1n) is 7.04. The van der Waals surface area contributed by atoms with Gasteiger partial charge in [-0.25, -0.2) is 4.98 Å². The number of benzene rings is 1. The lowest BCUT2D eigenvalue weighted by atomic mass is 10.1. The normalized spacial score (nSPS) is 13.5. The fraction of sp³-hybridized carbons (Fsp3) is 0.312. The second-order valence-corrected chi connectivity index (χ2v) is 5.18. The third kappa shape index (κ3) is 2.59. The highest BCUT2D eigenvalue weighted by Gasteiger charge is 2.24. The number of hydrogen-bond acceptors (Lipinski definition) is 4. The highest BCUT2D eigenvalue weighted by molar-refractivity contribution is 5.94. The summed E-state index contributed by atoms with van der Waals surface area (Å²) in [5, 5.41) is 8.95. The molecule has 6 nitrogen and oxygen atoms in total. The molecule has 3 rings (SSSR count). The molecule has 0 radical (unpaired) electrons. The molecule has 2 aromatic rings. The lowest BCUT2D eigenvalue weighted by Crippen LogP contribution is -2.38. The van der Waals surface area contributed by atoms with Gasteiger partial charge in [0.25, 0.3) is 5.91 Å². The van der Waals surface area contributed by atoms with E-state index in [-0.39, 0.29) is 5.91 Å². The largest absolute Gasteiger partial charge is 0.378 e. The summed E-state index contributed by atoms with van der Waals surface area (Å²) in [4.78, 5) is 18.7. The van der Waals surface area contributed by atoms with Gasteiger partial charge in [0.05, 0.1) is 42.5 Å². The first-order chi connectivity index (χ1) is 10.7. The summed E-state index contributed by atoms with van der Waals surface area (Å²) in [5.41, 5.74) is 2.91. The molecule has 22 heavy (non-hydrogen) atoms. The predicted octanol–water partition coefficient (Wildman–Crippen LogP) is 1.56. The van der Waals surface area contributed by atoms with Crippen molar-refractivity contribution >= 4 is 5.91 Å². The molecule has 1 aromatic carbocycles. The van der Waals surface area contributed by atoms with Crippen LogP contribution >= 0.6 is 0 Å². The molecule has 0 unspecified atom stereocenters. The van der Waals surface area contributed by atoms with Crippen molar-refractivity contribution in [3.05, 3.63) is 53.1 Å². The van der Waals surface area contributed by atoms with Crippen LogP contribution in [-0.2, 0) is 24.4 Å². The maximum Gasteiger partial charge on any atom is 0.254 e. The van der Waals surface area contributed by atoms with Gasteiger partial charge in [0, 0.05) is 25.8 Å². The van der Waals surface area contributed by atoms with Gasteiger partial charge in [0.15, 0.2) is 0 Å². The van der Waals surface area contributed by atoms with Crippen molar-refractivity contribution in [3.8, 4) is 6.07 Å². The Morgan fingerprint density at radius 1 is 1.45 bits per heavy atom. The summed E-state index contributed by atoms with van der Waals surface area (Å²) in [6, 6.07) is 8.86. The van der Waals surface area contributed by atoms with Gasteiger partial charge in [-0.1, -0.05) is 6.07 Å². The van der Waals surface area contributed by atoms with E-state index < -0.39 is 0 Å². The van der Waals surface area contributed by atoms with Crippen molar-refractivity contribution in [3.63, 3.8) is 0 Å². The lowest BCUT2D eigenvalue weighted by Gasteiger charge is -2.29. The Kier molecular flexibility index (Phi) is 3.90. The van der Waals surface area contributed by atoms with E-state index in [9.17, 15) is 4.79 Å². The highest BCUT2D eigenvalue weighted by atomic mass is 16.5. The lowest BCUT2D eigenvalue weighted by molar-refractivity contribution is 0.0708. The van der Waals surface area contributed by atoms with Crippen LogP contribution in [0.15, 0.2) is 30.6 Å². The van der Waals surface area contributed by atoms with Crippen LogP contribution in [0.5, 0.6) is 0 Å². The molecule has 1 aliphatic rings. The van der Waals surface area contributed by atoms with Crippen molar-refractivity contribution in [2.75, 3.05) is 13.7 Å². The Bertz CT molecular complexity index is 745. The second kappa shape index (κ2) is 6.00. The Balaban J connectivity index is 1.83. The molecule has 0 atom stereocenters. The highest BCUT2D eigenvalue weighted by Crippen LogP contribution is 2.19. The van der Waals surface area contributed by atoms with Crippen LogP contribution in [0, 0.1) is 11.3 Å². The maximum atomic E-state index is 12.6. The molecule has 0 aliphatic carbocycles. The van der Waals surface area contributed by atoms with Gasteiger partial charge in [-0.2, -0.15) is 5.26 Å². The first kappa shape index (κ1) is 14.3. The van der Waals surface area contributed by atoms with Gasteiger partial charge >= 0.3 is 0 Å². The molecule has 0 saturated carbocycles. The van der Waals surface area contributed by atoms with E-state index >= 15 is 0 Å². The van der Waals surface area contributed by atoms with Crippen LogP contribution in [0.25, 0.3) is 0 Å². The average Bonchev–Trinajstić information content (AvgIpc) is 2.97. The van der Waals surface area contributed by atoms with Crippen molar-refractivity contribution < 1.29 is 9.53 Å². The summed E-state index contributed by atoms with van der Waals surface area (Å²) in [6.45, 7) is 2.30. The van der Waals surface area contributed by atoms with E-state index in [0.29, 0.717) is 30.8 Å². The number of methoxy groups -OCH3 is 1. The van der Waals surface area contributed by atoms with Gasteiger partial charge in [0.2, 0.25) is 0 Å². The minimum Gasteiger partial charge on any atom is -0.378 e. The van der Waals surface area contributed by atoms with Gasteiger partial charge < -0.3 is 14.2 Å². The molecule has 0 spiro atoms. The Hall–Kier alpha value is -2.65. The number of rotatable bonds is 3. The van der Waals surface area contributed by atoms with Crippen LogP contribution in [0.4, 0.5) is 0 Å². The topological polar surface area (TPSA) is 71.2 Å². The number of amides is 1. The Labute approximate surface area is 128 Å². The summed E-state index contributed by atoms with van der Waals surface area (Å²) in [7, 11) is 1.63. The summed E-state index contributed by atoms with van der Waals surface area (Å²) in [5.74, 6) is -0.0621. The Morgan fingerprint density at radius 2 is 2.32 bits per heavy atom. The van der Waals surface area contributed by atoms with Crippen molar-refractivity contribution in [1.82, 2.24) is 14.5 Å². The number of fused-ring (bicyclic) bond motifs is 1. The van der Waals surface area contributed by atoms with Crippen LogP contribution < -0.4 is 0 Å². The van der Waals surface area contributed by atoms with Gasteiger partial charge in [-0.05, 0) is 18.2 Å². The standard InChI is InChI=1S/C16H16N4O2/c1-22-10-14-15-9-19(5-6-20(15)11-18-14)16(21)13-4-2-3-12(7-13)8-17/h2-4,7,11H,5-6,9-10H2,1H3. The van der Waals surface area contributed by atoms with Crippen LogP contribution in [-0.4, -0.2) is 34.0 Å². The molecule has 1 amide bonds. The monoisotopic (exact) mass is 296 g/mol. The zero-order valence-corrected chi connectivity index (χ0v) is 12.3. The molecule has 0 fully saturated rings. The molecule has 6 heteroatoms. The molecule has 0 saturated heterocycles. The summed E-state index contributed by atoms with van der Waals surface area (Å²) >= 11 is 0. The molecule has 0 N–H and O–H groups in total. The second-order valence-electron chi connectivity index (χ2n) is 5.18. The van der Waals surface area contributed by atoms with E-state index in [2.05, 4.69) is 15.6 Å². The molecule has 2 heterocycles. The minimum atomic E-state index is -0.0621. The number of imidazole rings is 1. The zero-order valence-electron chi connectivity index (χ0n) is 12.3. The van der Waals surface area contributed by atoms with E-state index in [0.717, 1.165) is 17.9 Å². The van der Waals surface area contributed by atoms with Gasteiger partial charge in [-0.3, -0.25) is 4.79 Å². The fourth-order valence-corrected chi connectivity index (χ4v) is 2.65. The fourth-order valence-electron chi connectivity index (χ4n) is 2.65. The first-order valence-corrected chi connectivity index (χ1v) is 7.04. The van der Waals surface area contributed by atoms with E-state index in [4.69, 9.17) is 10.00 Å². The van der Waals surface area contributed by atoms with Crippen molar-refractivity contribution in [1.29, 1.82) is 5.26 Å². The predicted molar refractivity (Wildman–Crippen MR) is 78.8 cm³/mol. The third-order valence-electron chi connectivity index (χ3n) is 3.79. The summed E-state index contributed by atoms with van der Waals surface area (Å²) < 4.78 is 7.21. The number of ether oxygens (including phenoxy) is 1. The number of aromatic nitrogens is 2. The minimum absolute atomic E-state index is 0.0621. The number of carbonyl (C=O) groups excluding carboxylic acids is 1. The van der Waals surface area contributed by atoms with Crippen molar-refractivity contribution in [2.24, 2.45) is 0 Å². The Morgan fingerprint density at radius 3 is 3.09 bits per heavy atom.